The van der Waals surface area contributed by atoms with Crippen LogP contribution in [0.3, 0.4) is 0 Å². The van der Waals surface area contributed by atoms with E-state index in [1.807, 2.05) is 0 Å². The molecular formula is C20H25N5O6S. The fraction of sp³-hybridized carbons (Fsp3) is 0.500. The number of carbonyl (C=O) groups is 3. The molecule has 1 aromatic heterocycles. The van der Waals surface area contributed by atoms with Crippen LogP contribution in [0.4, 0.5) is 0 Å². The van der Waals surface area contributed by atoms with Gasteiger partial charge >= 0.3 is 0 Å². The van der Waals surface area contributed by atoms with Crippen LogP contribution in [0.15, 0.2) is 34.5 Å². The number of aromatic amines is 1. The molecule has 2 amide bonds. The summed E-state index contributed by atoms with van der Waals surface area (Å²) in [4.78, 5) is 55.0. The number of nitrogens with one attached hydrogen (secondary N) is 3. The number of rotatable bonds is 6. The quantitative estimate of drug-likeness (QED) is 0.459. The number of H-pyrrole nitrogens is 1. The van der Waals surface area contributed by atoms with Crippen molar-refractivity contribution in [1.29, 1.82) is 0 Å². The average molecular weight is 464 g/mol. The Morgan fingerprint density at radius 2 is 1.81 bits per heavy atom. The first kappa shape index (κ1) is 22.2. The molecule has 1 saturated heterocycles. The predicted octanol–water partition coefficient (Wildman–Crippen LogP) is -1.56. The van der Waals surface area contributed by atoms with E-state index >= 15 is 0 Å². The highest BCUT2D eigenvalue weighted by Crippen LogP contribution is 2.35. The summed E-state index contributed by atoms with van der Waals surface area (Å²) in [5, 5.41) is 4.71. The molecule has 11 nitrogen and oxygen atoms in total. The average Bonchev–Trinajstić information content (AvgIpc) is 3.34. The number of ketones is 1. The monoisotopic (exact) mass is 463 g/mol. The third kappa shape index (κ3) is 4.32. The number of sulfone groups is 1. The largest absolute Gasteiger partial charge is 0.379 e. The molecule has 12 heteroatoms. The van der Waals surface area contributed by atoms with Crippen LogP contribution in [0.25, 0.3) is 0 Å². The first-order valence-electron chi connectivity index (χ1n) is 10.5. The number of nitrogens with zero attached hydrogens (tertiary/aromatic N) is 2. The zero-order chi connectivity index (χ0) is 22.9. The first-order valence-corrected chi connectivity index (χ1v) is 12.2. The molecule has 0 radical (unpaired) electrons. The van der Waals surface area contributed by atoms with Gasteiger partial charge in [-0.15, -0.1) is 0 Å². The van der Waals surface area contributed by atoms with Crippen molar-refractivity contribution in [3.05, 3.63) is 45.6 Å². The molecule has 172 valence electrons. The lowest BCUT2D eigenvalue weighted by Crippen LogP contribution is -2.47. The molecule has 3 aliphatic heterocycles. The number of amides is 2. The van der Waals surface area contributed by atoms with Crippen LogP contribution >= 0.6 is 0 Å². The van der Waals surface area contributed by atoms with E-state index in [4.69, 9.17) is 0 Å². The normalized spacial score (nSPS) is 21.0. The van der Waals surface area contributed by atoms with Gasteiger partial charge in [-0.1, -0.05) is 6.07 Å². The van der Waals surface area contributed by atoms with E-state index in [1.54, 1.807) is 4.90 Å². The van der Waals surface area contributed by atoms with Crippen molar-refractivity contribution < 1.29 is 22.8 Å². The minimum Gasteiger partial charge on any atom is -0.379 e. The highest BCUT2D eigenvalue weighted by Gasteiger charge is 2.47. The van der Waals surface area contributed by atoms with Crippen molar-refractivity contribution in [3.8, 4) is 0 Å². The SMILES string of the molecule is O=C1CNC2=C1N(C(=O)CCC(=O)N1CCNCC1)C(S(=O)(=O)Cc1ccc[nH]c1=O)C2. The lowest BCUT2D eigenvalue weighted by molar-refractivity contribution is -0.137. The fourth-order valence-electron chi connectivity index (χ4n) is 4.24. The van der Waals surface area contributed by atoms with Crippen molar-refractivity contribution >= 4 is 27.4 Å². The summed E-state index contributed by atoms with van der Waals surface area (Å²) in [5.74, 6) is -1.70. The maximum Gasteiger partial charge on any atom is 0.252 e. The van der Waals surface area contributed by atoms with Gasteiger partial charge in [-0.25, -0.2) is 8.42 Å². The van der Waals surface area contributed by atoms with Gasteiger partial charge in [0.05, 0.1) is 12.3 Å². The van der Waals surface area contributed by atoms with Crippen LogP contribution in [-0.4, -0.2) is 78.9 Å². The Bertz CT molecular complexity index is 1140. The molecule has 0 aliphatic carbocycles. The Morgan fingerprint density at radius 1 is 1.09 bits per heavy atom. The second-order valence-electron chi connectivity index (χ2n) is 7.99. The highest BCUT2D eigenvalue weighted by molar-refractivity contribution is 7.91. The summed E-state index contributed by atoms with van der Waals surface area (Å²) < 4.78 is 26.4. The van der Waals surface area contributed by atoms with Crippen molar-refractivity contribution in [1.82, 2.24) is 25.4 Å². The third-order valence-corrected chi connectivity index (χ3v) is 7.80. The van der Waals surface area contributed by atoms with Gasteiger partial charge in [0.25, 0.3) is 5.56 Å². The summed E-state index contributed by atoms with van der Waals surface area (Å²) in [6, 6.07) is 2.93. The Labute approximate surface area is 184 Å². The Morgan fingerprint density at radius 3 is 2.53 bits per heavy atom. The number of pyridine rings is 1. The number of piperazine rings is 1. The molecule has 3 aliphatic rings. The molecule has 0 aromatic carbocycles. The van der Waals surface area contributed by atoms with Gasteiger partial charge < -0.3 is 20.5 Å². The van der Waals surface area contributed by atoms with Crippen molar-refractivity contribution in [2.45, 2.75) is 30.4 Å². The summed E-state index contributed by atoms with van der Waals surface area (Å²) in [6.07, 6.45) is 1.08. The van der Waals surface area contributed by atoms with Crippen LogP contribution in [0.2, 0.25) is 0 Å². The van der Waals surface area contributed by atoms with E-state index in [1.165, 1.54) is 18.3 Å². The smallest absolute Gasteiger partial charge is 0.252 e. The zero-order valence-electron chi connectivity index (χ0n) is 17.4. The van der Waals surface area contributed by atoms with Gasteiger partial charge in [-0.2, -0.15) is 0 Å². The second-order valence-corrected chi connectivity index (χ2v) is 10.1. The van der Waals surface area contributed by atoms with Gasteiger partial charge in [0.2, 0.25) is 11.8 Å². The number of hydrogen-bond donors (Lipinski definition) is 3. The lowest BCUT2D eigenvalue weighted by atomic mass is 10.2. The Balaban J connectivity index is 1.53. The van der Waals surface area contributed by atoms with Crippen molar-refractivity contribution in [2.24, 2.45) is 0 Å². The molecule has 4 heterocycles. The lowest BCUT2D eigenvalue weighted by Gasteiger charge is -2.29. The standard InChI is InChI=1S/C20H25N5O6S/c26-15-11-23-14-10-18(32(30,31)12-13-2-1-5-22-20(13)29)25(19(14)15)17(28)4-3-16(27)24-8-6-21-7-9-24/h1-2,5,18,21,23H,3-4,6-12H2,(H,22,29). The van der Waals surface area contributed by atoms with Gasteiger partial charge in [-0.3, -0.25) is 24.1 Å². The maximum atomic E-state index is 13.2. The Hall–Kier alpha value is -2.99. The molecule has 32 heavy (non-hydrogen) atoms. The van der Waals surface area contributed by atoms with Crippen molar-refractivity contribution in [3.63, 3.8) is 0 Å². The highest BCUT2D eigenvalue weighted by atomic mass is 32.2. The molecule has 1 fully saturated rings. The van der Waals surface area contributed by atoms with E-state index < -0.39 is 32.4 Å². The first-order chi connectivity index (χ1) is 15.3. The number of aromatic nitrogens is 1. The third-order valence-electron chi connectivity index (χ3n) is 5.88. The molecule has 1 atom stereocenters. The molecule has 4 rings (SSSR count). The minimum absolute atomic E-state index is 0.000718. The zero-order valence-corrected chi connectivity index (χ0v) is 18.2. The van der Waals surface area contributed by atoms with Crippen molar-refractivity contribution in [2.75, 3.05) is 32.7 Å². The molecular weight excluding hydrogens is 438 g/mol. The molecule has 0 bridgehead atoms. The van der Waals surface area contributed by atoms with Crippen LogP contribution in [0.5, 0.6) is 0 Å². The fourth-order valence-corrected chi connectivity index (χ4v) is 6.06. The summed E-state index contributed by atoms with van der Waals surface area (Å²) in [7, 11) is -4.01. The van der Waals surface area contributed by atoms with Crippen LogP contribution < -0.4 is 16.2 Å². The summed E-state index contributed by atoms with van der Waals surface area (Å²) >= 11 is 0. The number of hydrogen-bond acceptors (Lipinski definition) is 8. The van der Waals surface area contributed by atoms with Gasteiger partial charge in [0, 0.05) is 62.9 Å². The molecule has 0 spiro atoms. The van der Waals surface area contributed by atoms with Gasteiger partial charge in [0.15, 0.2) is 15.6 Å². The molecule has 3 N–H and O–H groups in total. The van der Waals surface area contributed by atoms with Gasteiger partial charge in [0.1, 0.15) is 11.1 Å². The number of Topliss-reactive ketones (excluding diaryl/α,β-unsaturated/α-hetero) is 1. The predicted molar refractivity (Wildman–Crippen MR) is 114 cm³/mol. The van der Waals surface area contributed by atoms with E-state index in [0.29, 0.717) is 31.9 Å². The summed E-state index contributed by atoms with van der Waals surface area (Å²) in [5.41, 5.74) is -0.00380. The Kier molecular flexibility index (Phi) is 6.15. The maximum absolute atomic E-state index is 13.2. The van der Waals surface area contributed by atoms with Crippen LogP contribution in [0.1, 0.15) is 24.8 Å². The number of carbonyl (C=O) groups excluding carboxylic acids is 3. The second kappa shape index (κ2) is 8.87. The molecule has 1 unspecified atom stereocenters. The van der Waals surface area contributed by atoms with Crippen LogP contribution in [-0.2, 0) is 30.0 Å². The van der Waals surface area contributed by atoms with E-state index in [-0.39, 0.29) is 48.8 Å². The van der Waals surface area contributed by atoms with Crippen LogP contribution in [0, 0.1) is 0 Å². The molecule has 0 saturated carbocycles. The summed E-state index contributed by atoms with van der Waals surface area (Å²) in [6.45, 7) is 2.47. The molecule has 1 aromatic rings. The van der Waals surface area contributed by atoms with E-state index in [0.717, 1.165) is 4.90 Å². The van der Waals surface area contributed by atoms with E-state index in [9.17, 15) is 27.6 Å². The van der Waals surface area contributed by atoms with Gasteiger partial charge in [-0.05, 0) is 6.07 Å². The minimum atomic E-state index is -4.01. The topological polar surface area (TPSA) is 149 Å². The van der Waals surface area contributed by atoms with E-state index in [2.05, 4.69) is 15.6 Å².